The molecule has 0 atom stereocenters. The minimum atomic E-state index is -0.325. The molecule has 132 valence electrons. The molecule has 1 heterocycles. The van der Waals surface area contributed by atoms with Crippen LogP contribution in [0.1, 0.15) is 28.7 Å². The van der Waals surface area contributed by atoms with E-state index in [0.29, 0.717) is 30.8 Å². The first kappa shape index (κ1) is 18.4. The van der Waals surface area contributed by atoms with E-state index in [1.54, 1.807) is 48.6 Å². The number of nitrogens with one attached hydrogen (secondary N) is 2. The van der Waals surface area contributed by atoms with Gasteiger partial charge >= 0.3 is 6.03 Å². The SMILES string of the molecule is CCN(C)C(=O)c1cccc(NC(=O)NCCc2cncc(C)n2)c1. The lowest BCUT2D eigenvalue weighted by Crippen LogP contribution is -2.31. The molecule has 0 radical (unpaired) electrons. The number of hydrogen-bond acceptors (Lipinski definition) is 4. The molecule has 25 heavy (non-hydrogen) atoms. The molecule has 3 amide bonds. The van der Waals surface area contributed by atoms with E-state index in [1.165, 1.54) is 0 Å². The largest absolute Gasteiger partial charge is 0.342 e. The van der Waals surface area contributed by atoms with Crippen molar-refractivity contribution < 1.29 is 9.59 Å². The Bertz CT molecular complexity index is 748. The molecule has 7 nitrogen and oxygen atoms in total. The van der Waals surface area contributed by atoms with E-state index < -0.39 is 0 Å². The Hall–Kier alpha value is -2.96. The lowest BCUT2D eigenvalue weighted by molar-refractivity contribution is 0.0802. The zero-order chi connectivity index (χ0) is 18.2. The van der Waals surface area contributed by atoms with Crippen LogP contribution >= 0.6 is 0 Å². The average molecular weight is 341 g/mol. The number of benzene rings is 1. The highest BCUT2D eigenvalue weighted by Crippen LogP contribution is 2.12. The lowest BCUT2D eigenvalue weighted by Gasteiger charge is -2.15. The molecule has 0 saturated heterocycles. The summed E-state index contributed by atoms with van der Waals surface area (Å²) in [6.07, 6.45) is 3.97. The predicted molar refractivity (Wildman–Crippen MR) is 96.6 cm³/mol. The maximum Gasteiger partial charge on any atom is 0.319 e. The van der Waals surface area contributed by atoms with E-state index in [4.69, 9.17) is 0 Å². The molecule has 0 fully saturated rings. The molecule has 0 aliphatic heterocycles. The van der Waals surface area contributed by atoms with Crippen LogP contribution in [-0.2, 0) is 6.42 Å². The molecule has 0 unspecified atom stereocenters. The van der Waals surface area contributed by atoms with Crippen molar-refractivity contribution in [2.75, 3.05) is 25.5 Å². The van der Waals surface area contributed by atoms with Crippen LogP contribution in [0.15, 0.2) is 36.7 Å². The molecule has 1 aromatic carbocycles. The highest BCUT2D eigenvalue weighted by molar-refractivity contribution is 5.96. The van der Waals surface area contributed by atoms with Gasteiger partial charge in [-0.05, 0) is 32.0 Å². The van der Waals surface area contributed by atoms with Crippen LogP contribution in [0.2, 0.25) is 0 Å². The van der Waals surface area contributed by atoms with Gasteiger partial charge < -0.3 is 15.5 Å². The highest BCUT2D eigenvalue weighted by Gasteiger charge is 2.11. The quantitative estimate of drug-likeness (QED) is 0.843. The van der Waals surface area contributed by atoms with Gasteiger partial charge in [-0.3, -0.25) is 14.8 Å². The normalized spacial score (nSPS) is 10.2. The second kappa shape index (κ2) is 8.77. The standard InChI is InChI=1S/C18H23N5O2/c1-4-23(3)17(24)14-6-5-7-15(10-14)22-18(25)20-9-8-16-12-19-11-13(2)21-16/h5-7,10-12H,4,8-9H2,1-3H3,(H2,20,22,25). The predicted octanol–water partition coefficient (Wildman–Crippen LogP) is 2.24. The Kier molecular flexibility index (Phi) is 6.45. The van der Waals surface area contributed by atoms with Gasteiger partial charge in [-0.1, -0.05) is 6.07 Å². The van der Waals surface area contributed by atoms with Crippen LogP contribution in [0.5, 0.6) is 0 Å². The third kappa shape index (κ3) is 5.56. The number of aryl methyl sites for hydroxylation is 1. The van der Waals surface area contributed by atoms with Gasteiger partial charge in [0.1, 0.15) is 0 Å². The molecular weight excluding hydrogens is 318 g/mol. The molecule has 0 aliphatic rings. The smallest absolute Gasteiger partial charge is 0.319 e. The van der Waals surface area contributed by atoms with E-state index in [0.717, 1.165) is 11.4 Å². The second-order valence-electron chi connectivity index (χ2n) is 5.68. The third-order valence-corrected chi connectivity index (χ3v) is 3.66. The van der Waals surface area contributed by atoms with Gasteiger partial charge in [0, 0.05) is 50.2 Å². The molecule has 2 rings (SSSR count). The van der Waals surface area contributed by atoms with E-state index in [1.807, 2.05) is 13.8 Å². The number of amides is 3. The Morgan fingerprint density at radius 1 is 1.24 bits per heavy atom. The van der Waals surface area contributed by atoms with Crippen molar-refractivity contribution in [1.82, 2.24) is 20.2 Å². The first-order valence-electron chi connectivity index (χ1n) is 8.17. The summed E-state index contributed by atoms with van der Waals surface area (Å²) in [6.45, 7) is 4.85. The maximum absolute atomic E-state index is 12.2. The third-order valence-electron chi connectivity index (χ3n) is 3.66. The molecule has 0 aliphatic carbocycles. The molecular formula is C18H23N5O2. The van der Waals surface area contributed by atoms with Crippen molar-refractivity contribution >= 4 is 17.6 Å². The molecule has 0 spiro atoms. The van der Waals surface area contributed by atoms with Gasteiger partial charge in [0.2, 0.25) is 0 Å². The van der Waals surface area contributed by atoms with Crippen LogP contribution in [0.3, 0.4) is 0 Å². The van der Waals surface area contributed by atoms with Crippen molar-refractivity contribution in [2.45, 2.75) is 20.3 Å². The summed E-state index contributed by atoms with van der Waals surface area (Å²) in [5.74, 6) is -0.0791. The fourth-order valence-corrected chi connectivity index (χ4v) is 2.21. The highest BCUT2D eigenvalue weighted by atomic mass is 16.2. The number of carbonyl (C=O) groups is 2. The van der Waals surface area contributed by atoms with Crippen molar-refractivity contribution in [3.8, 4) is 0 Å². The van der Waals surface area contributed by atoms with E-state index in [2.05, 4.69) is 20.6 Å². The van der Waals surface area contributed by atoms with Gasteiger partial charge in [0.05, 0.1) is 11.4 Å². The number of nitrogens with zero attached hydrogens (tertiary/aromatic N) is 3. The van der Waals surface area contributed by atoms with Crippen LogP contribution in [-0.4, -0.2) is 46.9 Å². The lowest BCUT2D eigenvalue weighted by atomic mass is 10.2. The second-order valence-corrected chi connectivity index (χ2v) is 5.68. The molecule has 0 bridgehead atoms. The molecule has 2 aromatic rings. The van der Waals surface area contributed by atoms with Gasteiger partial charge in [-0.15, -0.1) is 0 Å². The Morgan fingerprint density at radius 2 is 2.04 bits per heavy atom. The Morgan fingerprint density at radius 3 is 2.76 bits per heavy atom. The van der Waals surface area contributed by atoms with E-state index >= 15 is 0 Å². The number of anilines is 1. The summed E-state index contributed by atoms with van der Waals surface area (Å²) < 4.78 is 0. The van der Waals surface area contributed by atoms with E-state index in [9.17, 15) is 9.59 Å². The van der Waals surface area contributed by atoms with Crippen molar-refractivity contribution in [3.05, 3.63) is 53.6 Å². The number of aromatic nitrogens is 2. The summed E-state index contributed by atoms with van der Waals surface area (Å²) in [7, 11) is 1.74. The first-order valence-corrected chi connectivity index (χ1v) is 8.17. The van der Waals surface area contributed by atoms with Crippen LogP contribution in [0, 0.1) is 6.92 Å². The van der Waals surface area contributed by atoms with Crippen LogP contribution in [0.25, 0.3) is 0 Å². The first-order chi connectivity index (χ1) is 12.0. The van der Waals surface area contributed by atoms with Gasteiger partial charge in [-0.2, -0.15) is 0 Å². The molecule has 7 heteroatoms. The maximum atomic E-state index is 12.2. The van der Waals surface area contributed by atoms with Crippen LogP contribution < -0.4 is 10.6 Å². The van der Waals surface area contributed by atoms with Crippen molar-refractivity contribution in [2.24, 2.45) is 0 Å². The number of carbonyl (C=O) groups excluding carboxylic acids is 2. The molecule has 2 N–H and O–H groups in total. The summed E-state index contributed by atoms with van der Waals surface area (Å²) in [4.78, 5) is 34.2. The zero-order valence-corrected chi connectivity index (χ0v) is 14.7. The minimum absolute atomic E-state index is 0.0791. The van der Waals surface area contributed by atoms with Crippen LogP contribution in [0.4, 0.5) is 10.5 Å². The topological polar surface area (TPSA) is 87.2 Å². The van der Waals surface area contributed by atoms with Gasteiger partial charge in [0.25, 0.3) is 5.91 Å². The number of hydrogen-bond donors (Lipinski definition) is 2. The Labute approximate surface area is 147 Å². The fourth-order valence-electron chi connectivity index (χ4n) is 2.21. The number of rotatable bonds is 6. The molecule has 1 aromatic heterocycles. The Balaban J connectivity index is 1.87. The molecule has 0 saturated carbocycles. The van der Waals surface area contributed by atoms with E-state index in [-0.39, 0.29) is 11.9 Å². The zero-order valence-electron chi connectivity index (χ0n) is 14.7. The van der Waals surface area contributed by atoms with Gasteiger partial charge in [0.15, 0.2) is 0 Å². The monoisotopic (exact) mass is 341 g/mol. The minimum Gasteiger partial charge on any atom is -0.342 e. The summed E-state index contributed by atoms with van der Waals surface area (Å²) in [5, 5.41) is 5.50. The summed E-state index contributed by atoms with van der Waals surface area (Å²) in [6, 6.07) is 6.56. The van der Waals surface area contributed by atoms with Gasteiger partial charge in [-0.25, -0.2) is 4.79 Å². The average Bonchev–Trinajstić information content (AvgIpc) is 2.60. The van der Waals surface area contributed by atoms with Crippen molar-refractivity contribution in [3.63, 3.8) is 0 Å². The van der Waals surface area contributed by atoms with Crippen molar-refractivity contribution in [1.29, 1.82) is 0 Å². The number of urea groups is 1. The summed E-state index contributed by atoms with van der Waals surface area (Å²) >= 11 is 0. The summed E-state index contributed by atoms with van der Waals surface area (Å²) in [5.41, 5.74) is 2.79. The fraction of sp³-hybridized carbons (Fsp3) is 0.333.